The summed E-state index contributed by atoms with van der Waals surface area (Å²) >= 11 is 0. The fourth-order valence-corrected chi connectivity index (χ4v) is 2.74. The molecule has 1 aromatic rings. The van der Waals surface area contributed by atoms with Crippen molar-refractivity contribution in [1.82, 2.24) is 4.90 Å². The summed E-state index contributed by atoms with van der Waals surface area (Å²) in [6.07, 6.45) is 2.56. The molecule has 0 spiro atoms. The van der Waals surface area contributed by atoms with E-state index in [1.807, 2.05) is 12.1 Å². The molecule has 1 aromatic carbocycles. The molecule has 0 radical (unpaired) electrons. The predicted molar refractivity (Wildman–Crippen MR) is 85.9 cm³/mol. The van der Waals surface area contributed by atoms with Crippen LogP contribution in [0.3, 0.4) is 0 Å². The molecule has 120 valence electrons. The summed E-state index contributed by atoms with van der Waals surface area (Å²) in [6, 6.07) is 7.10. The van der Waals surface area contributed by atoms with Gasteiger partial charge in [0.15, 0.2) is 0 Å². The molecule has 22 heavy (non-hydrogen) atoms. The Kier molecular flexibility index (Phi) is 4.86. The van der Waals surface area contributed by atoms with E-state index in [1.54, 1.807) is 37.9 Å². The molecule has 5 nitrogen and oxygen atoms in total. The van der Waals surface area contributed by atoms with Gasteiger partial charge in [-0.15, -0.1) is 0 Å². The van der Waals surface area contributed by atoms with Crippen LogP contribution in [0, 0.1) is 0 Å². The van der Waals surface area contributed by atoms with Gasteiger partial charge in [-0.25, -0.2) is 0 Å². The topological polar surface area (TPSA) is 60.9 Å². The van der Waals surface area contributed by atoms with Crippen LogP contribution in [0.2, 0.25) is 0 Å². The number of amides is 2. The van der Waals surface area contributed by atoms with E-state index in [1.165, 1.54) is 4.90 Å². The van der Waals surface area contributed by atoms with E-state index in [0.29, 0.717) is 12.0 Å². The highest BCUT2D eigenvalue weighted by molar-refractivity contribution is 5.96. The van der Waals surface area contributed by atoms with Crippen molar-refractivity contribution < 1.29 is 14.7 Å². The smallest absolute Gasteiger partial charge is 0.253 e. The van der Waals surface area contributed by atoms with E-state index in [9.17, 15) is 14.7 Å². The number of benzene rings is 1. The van der Waals surface area contributed by atoms with Gasteiger partial charge in [0.2, 0.25) is 5.91 Å². The van der Waals surface area contributed by atoms with Crippen LogP contribution in [0.1, 0.15) is 43.5 Å². The molecule has 2 amide bonds. The van der Waals surface area contributed by atoms with Gasteiger partial charge >= 0.3 is 0 Å². The van der Waals surface area contributed by atoms with E-state index in [0.717, 1.165) is 25.1 Å². The third-order valence-electron chi connectivity index (χ3n) is 3.72. The number of nitrogens with zero attached hydrogens (tertiary/aromatic N) is 2. The van der Waals surface area contributed by atoms with Crippen LogP contribution in [-0.2, 0) is 4.79 Å². The SMILES string of the molecule is CN(CC(C)(C)O)C(=O)c1ccc(N2CCCCC2=O)cc1. The first kappa shape index (κ1) is 16.5. The minimum absolute atomic E-state index is 0.140. The Morgan fingerprint density at radius 3 is 2.45 bits per heavy atom. The first-order valence-corrected chi connectivity index (χ1v) is 7.66. The number of hydrogen-bond acceptors (Lipinski definition) is 3. The monoisotopic (exact) mass is 304 g/mol. The average Bonchev–Trinajstić information content (AvgIpc) is 2.45. The number of rotatable bonds is 4. The third-order valence-corrected chi connectivity index (χ3v) is 3.72. The zero-order valence-electron chi connectivity index (χ0n) is 13.5. The van der Waals surface area contributed by atoms with Crippen molar-refractivity contribution in [2.24, 2.45) is 0 Å². The van der Waals surface area contributed by atoms with Crippen molar-refractivity contribution >= 4 is 17.5 Å². The maximum Gasteiger partial charge on any atom is 0.253 e. The van der Waals surface area contributed by atoms with Crippen LogP contribution in [0.25, 0.3) is 0 Å². The van der Waals surface area contributed by atoms with Gasteiger partial charge in [0.05, 0.1) is 5.60 Å². The van der Waals surface area contributed by atoms with E-state index in [2.05, 4.69) is 0 Å². The van der Waals surface area contributed by atoms with Gasteiger partial charge in [-0.1, -0.05) is 0 Å². The first-order valence-electron chi connectivity index (χ1n) is 7.66. The highest BCUT2D eigenvalue weighted by Crippen LogP contribution is 2.21. The molecule has 1 heterocycles. The number of carbonyl (C=O) groups excluding carboxylic acids is 2. The summed E-state index contributed by atoms with van der Waals surface area (Å²) in [4.78, 5) is 27.5. The molecule has 0 atom stereocenters. The highest BCUT2D eigenvalue weighted by atomic mass is 16.3. The third kappa shape index (κ3) is 4.07. The summed E-state index contributed by atoms with van der Waals surface area (Å²) < 4.78 is 0. The molecule has 0 aliphatic carbocycles. The van der Waals surface area contributed by atoms with E-state index in [-0.39, 0.29) is 18.4 Å². The van der Waals surface area contributed by atoms with Crippen LogP contribution in [-0.4, -0.2) is 47.6 Å². The molecule has 0 unspecified atom stereocenters. The maximum atomic E-state index is 12.3. The molecular formula is C17H24N2O3. The van der Waals surface area contributed by atoms with Gasteiger partial charge < -0.3 is 14.9 Å². The second kappa shape index (κ2) is 6.48. The summed E-state index contributed by atoms with van der Waals surface area (Å²) in [5.74, 6) is 0.00289. The van der Waals surface area contributed by atoms with Gasteiger partial charge in [0, 0.05) is 37.8 Å². The molecule has 1 fully saturated rings. The predicted octanol–water partition coefficient (Wildman–Crippen LogP) is 2.05. The lowest BCUT2D eigenvalue weighted by Gasteiger charge is -2.27. The summed E-state index contributed by atoms with van der Waals surface area (Å²) in [5, 5.41) is 9.79. The molecule has 1 N–H and O–H groups in total. The summed E-state index contributed by atoms with van der Waals surface area (Å²) in [6.45, 7) is 4.34. The van der Waals surface area contributed by atoms with E-state index >= 15 is 0 Å². The van der Waals surface area contributed by atoms with Crippen LogP contribution in [0.5, 0.6) is 0 Å². The fraction of sp³-hybridized carbons (Fsp3) is 0.529. The van der Waals surface area contributed by atoms with Crippen LogP contribution >= 0.6 is 0 Å². The lowest BCUT2D eigenvalue weighted by atomic mass is 10.1. The number of hydrogen-bond donors (Lipinski definition) is 1. The maximum absolute atomic E-state index is 12.3. The highest BCUT2D eigenvalue weighted by Gasteiger charge is 2.22. The zero-order chi connectivity index (χ0) is 16.3. The summed E-state index contributed by atoms with van der Waals surface area (Å²) in [5.41, 5.74) is 0.469. The molecule has 0 aromatic heterocycles. The quantitative estimate of drug-likeness (QED) is 0.926. The molecular weight excluding hydrogens is 280 g/mol. The van der Waals surface area contributed by atoms with Crippen LogP contribution in [0.4, 0.5) is 5.69 Å². The Morgan fingerprint density at radius 1 is 1.27 bits per heavy atom. The molecule has 2 rings (SSSR count). The normalized spacial score (nSPS) is 15.8. The Morgan fingerprint density at radius 2 is 1.91 bits per heavy atom. The van der Waals surface area contributed by atoms with Gasteiger partial charge in [0.1, 0.15) is 0 Å². The Bertz CT molecular complexity index is 546. The molecule has 0 saturated carbocycles. The Hall–Kier alpha value is -1.88. The Labute approximate surface area is 131 Å². The van der Waals surface area contributed by atoms with Crippen LogP contribution in [0.15, 0.2) is 24.3 Å². The number of anilines is 1. The fourth-order valence-electron chi connectivity index (χ4n) is 2.74. The van der Waals surface area contributed by atoms with Crippen molar-refractivity contribution in [3.63, 3.8) is 0 Å². The largest absolute Gasteiger partial charge is 0.389 e. The molecule has 1 aliphatic heterocycles. The minimum atomic E-state index is -0.926. The molecule has 1 aliphatic rings. The number of aliphatic hydroxyl groups is 1. The van der Waals surface area contributed by atoms with Crippen molar-refractivity contribution in [3.05, 3.63) is 29.8 Å². The Balaban J connectivity index is 2.08. The van der Waals surface area contributed by atoms with Crippen molar-refractivity contribution in [2.45, 2.75) is 38.7 Å². The number of piperidine rings is 1. The van der Waals surface area contributed by atoms with Crippen molar-refractivity contribution in [3.8, 4) is 0 Å². The van der Waals surface area contributed by atoms with E-state index < -0.39 is 5.60 Å². The van der Waals surface area contributed by atoms with Gasteiger partial charge in [-0.05, 0) is 51.0 Å². The van der Waals surface area contributed by atoms with E-state index in [4.69, 9.17) is 0 Å². The van der Waals surface area contributed by atoms with Gasteiger partial charge in [-0.3, -0.25) is 9.59 Å². The van der Waals surface area contributed by atoms with Crippen molar-refractivity contribution in [2.75, 3.05) is 25.0 Å². The van der Waals surface area contributed by atoms with Gasteiger partial charge in [-0.2, -0.15) is 0 Å². The lowest BCUT2D eigenvalue weighted by Crippen LogP contribution is -2.39. The number of likely N-dealkylation sites (N-methyl/N-ethyl adjacent to an activating group) is 1. The molecule has 1 saturated heterocycles. The molecule has 0 bridgehead atoms. The first-order chi connectivity index (χ1) is 10.3. The van der Waals surface area contributed by atoms with Gasteiger partial charge in [0.25, 0.3) is 5.91 Å². The second-order valence-electron chi connectivity index (χ2n) is 6.52. The lowest BCUT2D eigenvalue weighted by molar-refractivity contribution is -0.119. The second-order valence-corrected chi connectivity index (χ2v) is 6.52. The standard InChI is InChI=1S/C17H24N2O3/c1-17(2,22)12-18(3)16(21)13-7-9-14(10-8-13)19-11-5-4-6-15(19)20/h7-10,22H,4-6,11-12H2,1-3H3. The number of carbonyl (C=O) groups is 2. The van der Waals surface area contributed by atoms with Crippen molar-refractivity contribution in [1.29, 1.82) is 0 Å². The molecule has 5 heteroatoms. The summed E-state index contributed by atoms with van der Waals surface area (Å²) in [7, 11) is 1.67. The average molecular weight is 304 g/mol. The van der Waals surface area contributed by atoms with Crippen LogP contribution < -0.4 is 4.90 Å². The minimum Gasteiger partial charge on any atom is -0.389 e. The zero-order valence-corrected chi connectivity index (χ0v) is 13.5.